The topological polar surface area (TPSA) is 86.9 Å². The molecule has 5 heteroatoms. The van der Waals surface area contributed by atoms with E-state index in [1.165, 1.54) is 6.20 Å². The predicted molar refractivity (Wildman–Crippen MR) is 40.8 cm³/mol. The van der Waals surface area contributed by atoms with Crippen molar-refractivity contribution in [3.63, 3.8) is 0 Å². The average molecular weight is 154 g/mol. The van der Waals surface area contributed by atoms with Crippen molar-refractivity contribution < 1.29 is 4.79 Å². The lowest BCUT2D eigenvalue weighted by Gasteiger charge is -1.94. The second-order valence-electron chi connectivity index (χ2n) is 2.13. The van der Waals surface area contributed by atoms with Crippen molar-refractivity contribution in [2.45, 2.75) is 13.5 Å². The van der Waals surface area contributed by atoms with Gasteiger partial charge in [-0.1, -0.05) is 0 Å². The van der Waals surface area contributed by atoms with Crippen molar-refractivity contribution >= 4 is 11.9 Å². The van der Waals surface area contributed by atoms with Crippen LogP contribution in [0.4, 0.5) is 5.95 Å². The Balaban J connectivity index is 3.05. The van der Waals surface area contributed by atoms with Gasteiger partial charge in [0.25, 0.3) is 5.91 Å². The first-order chi connectivity index (χ1) is 5.15. The number of nitrogens with zero attached hydrogens (tertiary/aromatic N) is 2. The van der Waals surface area contributed by atoms with Gasteiger partial charge in [-0.15, -0.1) is 0 Å². The largest absolute Gasteiger partial charge is 0.369 e. The highest BCUT2D eigenvalue weighted by atomic mass is 16.1. The molecule has 1 heterocycles. The monoisotopic (exact) mass is 154 g/mol. The molecule has 0 bridgehead atoms. The van der Waals surface area contributed by atoms with Gasteiger partial charge in [-0.05, 0) is 6.92 Å². The predicted octanol–water partition coefficient (Wildman–Crippen LogP) is -0.416. The van der Waals surface area contributed by atoms with Crippen LogP contribution in [0.3, 0.4) is 0 Å². The Labute approximate surface area is 64.0 Å². The van der Waals surface area contributed by atoms with E-state index in [1.54, 1.807) is 4.57 Å². The minimum absolute atomic E-state index is 0.212. The number of imidazole rings is 1. The second kappa shape index (κ2) is 2.61. The summed E-state index contributed by atoms with van der Waals surface area (Å²) in [6, 6.07) is 0. The molecular weight excluding hydrogens is 144 g/mol. The molecule has 4 N–H and O–H groups in total. The molecule has 0 saturated heterocycles. The molecule has 11 heavy (non-hydrogen) atoms. The number of hydrogen-bond acceptors (Lipinski definition) is 3. The number of carbonyl (C=O) groups excluding carboxylic acids is 1. The van der Waals surface area contributed by atoms with Crippen LogP contribution in [0.1, 0.15) is 17.4 Å². The van der Waals surface area contributed by atoms with Gasteiger partial charge in [-0.25, -0.2) is 4.98 Å². The van der Waals surface area contributed by atoms with E-state index in [0.717, 1.165) is 0 Å². The Hall–Kier alpha value is -1.52. The molecule has 1 aromatic rings. The normalized spacial score (nSPS) is 9.91. The molecule has 0 atom stereocenters. The van der Waals surface area contributed by atoms with Gasteiger partial charge < -0.3 is 16.0 Å². The highest BCUT2D eigenvalue weighted by Gasteiger charge is 2.06. The molecule has 0 aromatic carbocycles. The summed E-state index contributed by atoms with van der Waals surface area (Å²) in [6.07, 6.45) is 1.54. The molecule has 0 radical (unpaired) electrons. The lowest BCUT2D eigenvalue weighted by atomic mass is 10.5. The molecule has 0 saturated carbocycles. The SMILES string of the molecule is CCn1cc(C(N)=O)nc1N. The smallest absolute Gasteiger partial charge is 0.268 e. The number of hydrogen-bond donors (Lipinski definition) is 2. The van der Waals surface area contributed by atoms with Crippen molar-refractivity contribution in [1.29, 1.82) is 0 Å². The summed E-state index contributed by atoms with van der Waals surface area (Å²) < 4.78 is 1.65. The van der Waals surface area contributed by atoms with Gasteiger partial charge in [0.1, 0.15) is 5.69 Å². The van der Waals surface area contributed by atoms with Crippen LogP contribution in [-0.4, -0.2) is 15.5 Å². The number of amides is 1. The summed E-state index contributed by atoms with van der Waals surface area (Å²) in [5, 5.41) is 0. The van der Waals surface area contributed by atoms with Gasteiger partial charge in [0.05, 0.1) is 0 Å². The Bertz CT molecular complexity index is 278. The number of anilines is 1. The lowest BCUT2D eigenvalue weighted by molar-refractivity contribution is 0.0996. The van der Waals surface area contributed by atoms with E-state index in [9.17, 15) is 4.79 Å². The fourth-order valence-corrected chi connectivity index (χ4v) is 0.802. The standard InChI is InChI=1S/C6H10N4O/c1-2-10-3-4(5(7)11)9-6(10)8/h3H,2H2,1H3,(H2,7,11)(H2,8,9). The highest BCUT2D eigenvalue weighted by molar-refractivity contribution is 5.90. The molecule has 0 aliphatic carbocycles. The number of nitrogens with two attached hydrogens (primary N) is 2. The third-order valence-electron chi connectivity index (χ3n) is 1.40. The molecule has 1 amide bonds. The second-order valence-corrected chi connectivity index (χ2v) is 2.13. The van der Waals surface area contributed by atoms with E-state index in [2.05, 4.69) is 4.98 Å². The van der Waals surface area contributed by atoms with Crippen LogP contribution in [0.25, 0.3) is 0 Å². The van der Waals surface area contributed by atoms with Crippen LogP contribution in [0.15, 0.2) is 6.20 Å². The van der Waals surface area contributed by atoms with Crippen molar-refractivity contribution in [3.8, 4) is 0 Å². The number of rotatable bonds is 2. The zero-order chi connectivity index (χ0) is 8.43. The maximum atomic E-state index is 10.6. The van der Waals surface area contributed by atoms with Crippen LogP contribution in [0, 0.1) is 0 Å². The van der Waals surface area contributed by atoms with Crippen LogP contribution in [0.5, 0.6) is 0 Å². The summed E-state index contributed by atoms with van der Waals surface area (Å²) in [5.74, 6) is -0.231. The zero-order valence-electron chi connectivity index (χ0n) is 6.24. The number of aryl methyl sites for hydroxylation is 1. The lowest BCUT2D eigenvalue weighted by Crippen LogP contribution is -2.11. The van der Waals surface area contributed by atoms with E-state index in [1.807, 2.05) is 6.92 Å². The van der Waals surface area contributed by atoms with Crippen molar-refractivity contribution in [3.05, 3.63) is 11.9 Å². The molecule has 0 aliphatic rings. The van der Waals surface area contributed by atoms with Gasteiger partial charge in [0.2, 0.25) is 5.95 Å². The van der Waals surface area contributed by atoms with Gasteiger partial charge in [-0.2, -0.15) is 0 Å². The van der Waals surface area contributed by atoms with Gasteiger partial charge >= 0.3 is 0 Å². The summed E-state index contributed by atoms with van der Waals surface area (Å²) >= 11 is 0. The molecule has 0 spiro atoms. The van der Waals surface area contributed by atoms with E-state index in [-0.39, 0.29) is 5.69 Å². The van der Waals surface area contributed by atoms with Crippen molar-refractivity contribution in [2.24, 2.45) is 5.73 Å². The van der Waals surface area contributed by atoms with E-state index >= 15 is 0 Å². The molecule has 0 aliphatic heterocycles. The highest BCUT2D eigenvalue weighted by Crippen LogP contribution is 2.03. The quantitative estimate of drug-likeness (QED) is 0.606. The van der Waals surface area contributed by atoms with Crippen molar-refractivity contribution in [2.75, 3.05) is 5.73 Å². The minimum Gasteiger partial charge on any atom is -0.369 e. The summed E-state index contributed by atoms with van der Waals surface area (Å²) in [5.41, 5.74) is 10.6. The fourth-order valence-electron chi connectivity index (χ4n) is 0.802. The summed E-state index contributed by atoms with van der Waals surface area (Å²) in [7, 11) is 0. The number of nitrogen functional groups attached to an aromatic ring is 1. The molecule has 5 nitrogen and oxygen atoms in total. The van der Waals surface area contributed by atoms with Gasteiger partial charge in [0, 0.05) is 12.7 Å². The first-order valence-electron chi connectivity index (χ1n) is 3.27. The molecule has 0 unspecified atom stereocenters. The van der Waals surface area contributed by atoms with Crippen LogP contribution in [-0.2, 0) is 6.54 Å². The van der Waals surface area contributed by atoms with Crippen molar-refractivity contribution in [1.82, 2.24) is 9.55 Å². The van der Waals surface area contributed by atoms with E-state index in [4.69, 9.17) is 11.5 Å². The number of aromatic nitrogens is 2. The molecule has 60 valence electrons. The first kappa shape index (κ1) is 7.59. The Morgan fingerprint density at radius 3 is 2.73 bits per heavy atom. The van der Waals surface area contributed by atoms with E-state index in [0.29, 0.717) is 12.5 Å². The molecule has 0 fully saturated rings. The summed E-state index contributed by atoms with van der Waals surface area (Å²) in [4.78, 5) is 14.3. The number of primary amides is 1. The third-order valence-corrected chi connectivity index (χ3v) is 1.40. The minimum atomic E-state index is -0.552. The molecule has 1 aromatic heterocycles. The average Bonchev–Trinajstić information content (AvgIpc) is 2.31. The van der Waals surface area contributed by atoms with Gasteiger partial charge in [0.15, 0.2) is 0 Å². The maximum Gasteiger partial charge on any atom is 0.268 e. The molecular formula is C6H10N4O. The van der Waals surface area contributed by atoms with Gasteiger partial charge in [-0.3, -0.25) is 4.79 Å². The number of carbonyl (C=O) groups is 1. The van der Waals surface area contributed by atoms with Crippen LogP contribution < -0.4 is 11.5 Å². The Morgan fingerprint density at radius 1 is 1.82 bits per heavy atom. The maximum absolute atomic E-state index is 10.6. The third kappa shape index (κ3) is 1.31. The van der Waals surface area contributed by atoms with E-state index < -0.39 is 5.91 Å². The Kier molecular flexibility index (Phi) is 1.80. The van der Waals surface area contributed by atoms with Crippen LogP contribution >= 0.6 is 0 Å². The Morgan fingerprint density at radius 2 is 2.45 bits per heavy atom. The van der Waals surface area contributed by atoms with Crippen LogP contribution in [0.2, 0.25) is 0 Å². The first-order valence-corrected chi connectivity index (χ1v) is 3.27. The fraction of sp³-hybridized carbons (Fsp3) is 0.333. The summed E-state index contributed by atoms with van der Waals surface area (Å²) in [6.45, 7) is 2.59. The zero-order valence-corrected chi connectivity index (χ0v) is 6.24. The molecule has 1 rings (SSSR count).